The maximum absolute atomic E-state index is 12.9. The molecular weight excluding hydrogens is 320 g/mol. The molecular formula is C23H26N2O. The van der Waals surface area contributed by atoms with Gasteiger partial charge in [-0.25, -0.2) is 0 Å². The lowest BCUT2D eigenvalue weighted by Gasteiger charge is -2.39. The van der Waals surface area contributed by atoms with Gasteiger partial charge in [0, 0.05) is 35.6 Å². The second-order valence-electron chi connectivity index (χ2n) is 7.35. The molecule has 1 aliphatic rings. The molecule has 1 fully saturated rings. The fraction of sp³-hybridized carbons (Fsp3) is 0.348. The van der Waals surface area contributed by atoms with Crippen LogP contribution in [0.25, 0.3) is 10.9 Å². The summed E-state index contributed by atoms with van der Waals surface area (Å²) >= 11 is 0. The number of para-hydroxylation sites is 1. The Hall–Kier alpha value is -2.55. The molecule has 1 saturated heterocycles. The van der Waals surface area contributed by atoms with Crippen molar-refractivity contribution in [2.45, 2.75) is 51.1 Å². The van der Waals surface area contributed by atoms with E-state index in [9.17, 15) is 4.79 Å². The van der Waals surface area contributed by atoms with Crippen LogP contribution in [0.15, 0.2) is 60.8 Å². The number of nitrogens with zero attached hydrogens (tertiary/aromatic N) is 1. The van der Waals surface area contributed by atoms with E-state index in [1.54, 1.807) is 0 Å². The molecule has 1 amide bonds. The molecule has 1 unspecified atom stereocenters. The van der Waals surface area contributed by atoms with Crippen LogP contribution in [-0.4, -0.2) is 15.8 Å². The van der Waals surface area contributed by atoms with E-state index in [2.05, 4.69) is 71.5 Å². The lowest BCUT2D eigenvalue weighted by molar-refractivity contribution is -0.132. The predicted molar refractivity (Wildman–Crippen MR) is 106 cm³/mol. The molecule has 3 aromatic rings. The van der Waals surface area contributed by atoms with E-state index in [1.165, 1.54) is 16.5 Å². The second-order valence-corrected chi connectivity index (χ2v) is 7.35. The molecule has 0 radical (unpaired) electrons. The van der Waals surface area contributed by atoms with E-state index >= 15 is 0 Å². The number of hydrogen-bond acceptors (Lipinski definition) is 1. The van der Waals surface area contributed by atoms with Crippen molar-refractivity contribution in [3.63, 3.8) is 0 Å². The second kappa shape index (κ2) is 6.99. The highest BCUT2D eigenvalue weighted by molar-refractivity contribution is 5.87. The number of hydrogen-bond donors (Lipinski definition) is 1. The van der Waals surface area contributed by atoms with Gasteiger partial charge in [0.1, 0.15) is 0 Å². The van der Waals surface area contributed by atoms with Gasteiger partial charge in [-0.05, 0) is 24.5 Å². The third-order valence-corrected chi connectivity index (χ3v) is 5.79. The molecule has 0 aliphatic carbocycles. The zero-order chi connectivity index (χ0) is 18.0. The highest BCUT2D eigenvalue weighted by atomic mass is 16.2. The maximum atomic E-state index is 12.9. The monoisotopic (exact) mass is 346 g/mol. The Labute approximate surface area is 155 Å². The molecule has 3 nitrogen and oxygen atoms in total. The minimum absolute atomic E-state index is 0.206. The number of rotatable bonds is 6. The van der Waals surface area contributed by atoms with Crippen molar-refractivity contribution in [3.8, 4) is 0 Å². The number of aromatic amines is 1. The van der Waals surface area contributed by atoms with Crippen LogP contribution in [0.3, 0.4) is 0 Å². The number of aromatic nitrogens is 1. The van der Waals surface area contributed by atoms with Gasteiger partial charge in [-0.3, -0.25) is 4.79 Å². The van der Waals surface area contributed by atoms with Crippen molar-refractivity contribution in [1.82, 2.24) is 9.88 Å². The average molecular weight is 346 g/mol. The summed E-state index contributed by atoms with van der Waals surface area (Å²) in [7, 11) is 0. The van der Waals surface area contributed by atoms with Gasteiger partial charge >= 0.3 is 0 Å². The van der Waals surface area contributed by atoms with Gasteiger partial charge in [0.05, 0.1) is 5.54 Å². The molecule has 3 heteroatoms. The first-order valence-corrected chi connectivity index (χ1v) is 9.65. The van der Waals surface area contributed by atoms with Crippen molar-refractivity contribution >= 4 is 16.8 Å². The Morgan fingerprint density at radius 2 is 1.85 bits per heavy atom. The number of carbonyl (C=O) groups excluding carboxylic acids is 1. The lowest BCUT2D eigenvalue weighted by Crippen LogP contribution is -2.42. The van der Waals surface area contributed by atoms with E-state index < -0.39 is 0 Å². The Kier molecular flexibility index (Phi) is 4.54. The smallest absolute Gasteiger partial charge is 0.223 e. The Morgan fingerprint density at radius 3 is 2.65 bits per heavy atom. The summed E-state index contributed by atoms with van der Waals surface area (Å²) in [5, 5.41) is 1.25. The van der Waals surface area contributed by atoms with E-state index in [4.69, 9.17) is 0 Å². The van der Waals surface area contributed by atoms with Crippen molar-refractivity contribution in [2.75, 3.05) is 0 Å². The molecule has 26 heavy (non-hydrogen) atoms. The molecule has 2 heterocycles. The molecule has 4 rings (SSSR count). The number of amides is 1. The summed E-state index contributed by atoms with van der Waals surface area (Å²) in [5.74, 6) is 0.273. The first-order chi connectivity index (χ1) is 12.7. The standard InChI is InChI=1S/C23H26N2O/c1-2-3-14-23(20-16-24-21-12-8-7-11-19(20)21)15-13-22(26)25(23)17-18-9-5-4-6-10-18/h4-12,16,24H,2-3,13-15,17H2,1H3. The zero-order valence-electron chi connectivity index (χ0n) is 15.4. The highest BCUT2D eigenvalue weighted by Crippen LogP contribution is 2.46. The molecule has 0 saturated carbocycles. The zero-order valence-corrected chi connectivity index (χ0v) is 15.4. The third-order valence-electron chi connectivity index (χ3n) is 5.79. The predicted octanol–water partition coefficient (Wildman–Crippen LogP) is 5.38. The van der Waals surface area contributed by atoms with Gasteiger partial charge < -0.3 is 9.88 Å². The molecule has 2 aromatic carbocycles. The Balaban J connectivity index is 1.80. The minimum Gasteiger partial charge on any atom is -0.361 e. The number of likely N-dealkylation sites (tertiary alicyclic amines) is 1. The largest absolute Gasteiger partial charge is 0.361 e. The van der Waals surface area contributed by atoms with Gasteiger partial charge in [-0.15, -0.1) is 0 Å². The Bertz CT molecular complexity index is 899. The third kappa shape index (κ3) is 2.82. The normalized spacial score (nSPS) is 20.2. The van der Waals surface area contributed by atoms with Gasteiger partial charge in [0.2, 0.25) is 5.91 Å². The quantitative estimate of drug-likeness (QED) is 0.639. The molecule has 0 bridgehead atoms. The van der Waals surface area contributed by atoms with Crippen molar-refractivity contribution in [2.24, 2.45) is 0 Å². The number of H-pyrrole nitrogens is 1. The van der Waals surface area contributed by atoms with Crippen LogP contribution in [0, 0.1) is 0 Å². The summed E-state index contributed by atoms with van der Waals surface area (Å²) in [6.45, 7) is 2.91. The molecule has 1 aromatic heterocycles. The van der Waals surface area contributed by atoms with Crippen LogP contribution in [-0.2, 0) is 16.9 Å². The molecule has 1 N–H and O–H groups in total. The Morgan fingerprint density at radius 1 is 1.08 bits per heavy atom. The van der Waals surface area contributed by atoms with Gasteiger partial charge in [-0.1, -0.05) is 68.3 Å². The average Bonchev–Trinajstić information content (AvgIpc) is 3.24. The summed E-state index contributed by atoms with van der Waals surface area (Å²) in [4.78, 5) is 18.5. The summed E-state index contributed by atoms with van der Waals surface area (Å²) in [6.07, 6.45) is 6.95. The van der Waals surface area contributed by atoms with Crippen molar-refractivity contribution in [1.29, 1.82) is 0 Å². The van der Waals surface area contributed by atoms with Crippen LogP contribution in [0.1, 0.15) is 50.2 Å². The summed E-state index contributed by atoms with van der Waals surface area (Å²) in [6, 6.07) is 18.8. The minimum atomic E-state index is -0.206. The van der Waals surface area contributed by atoms with Gasteiger partial charge in [0.15, 0.2) is 0 Å². The van der Waals surface area contributed by atoms with Crippen molar-refractivity contribution in [3.05, 3.63) is 71.9 Å². The van der Waals surface area contributed by atoms with E-state index in [0.29, 0.717) is 13.0 Å². The topological polar surface area (TPSA) is 36.1 Å². The van der Waals surface area contributed by atoms with E-state index in [0.717, 1.165) is 31.2 Å². The van der Waals surface area contributed by atoms with Gasteiger partial charge in [-0.2, -0.15) is 0 Å². The molecule has 134 valence electrons. The van der Waals surface area contributed by atoms with E-state index in [-0.39, 0.29) is 11.4 Å². The molecule has 0 spiro atoms. The molecule has 1 aliphatic heterocycles. The fourth-order valence-corrected chi connectivity index (χ4v) is 4.43. The lowest BCUT2D eigenvalue weighted by atomic mass is 9.82. The van der Waals surface area contributed by atoms with Crippen LogP contribution < -0.4 is 0 Å². The number of carbonyl (C=O) groups is 1. The van der Waals surface area contributed by atoms with Crippen LogP contribution in [0.2, 0.25) is 0 Å². The fourth-order valence-electron chi connectivity index (χ4n) is 4.43. The number of nitrogens with one attached hydrogen (secondary N) is 1. The SMILES string of the molecule is CCCCC1(c2c[nH]c3ccccc23)CCC(=O)N1Cc1ccccc1. The van der Waals surface area contributed by atoms with E-state index in [1.807, 2.05) is 6.07 Å². The summed E-state index contributed by atoms with van der Waals surface area (Å²) < 4.78 is 0. The highest BCUT2D eigenvalue weighted by Gasteiger charge is 2.47. The summed E-state index contributed by atoms with van der Waals surface area (Å²) in [5.41, 5.74) is 3.42. The van der Waals surface area contributed by atoms with Crippen LogP contribution >= 0.6 is 0 Å². The maximum Gasteiger partial charge on any atom is 0.223 e. The number of fused-ring (bicyclic) bond motifs is 1. The number of benzene rings is 2. The van der Waals surface area contributed by atoms with Crippen molar-refractivity contribution < 1.29 is 4.79 Å². The number of unbranched alkanes of at least 4 members (excludes halogenated alkanes) is 1. The first-order valence-electron chi connectivity index (χ1n) is 9.65. The van der Waals surface area contributed by atoms with Gasteiger partial charge in [0.25, 0.3) is 0 Å². The first kappa shape index (κ1) is 16.9. The van der Waals surface area contributed by atoms with Crippen LogP contribution in [0.5, 0.6) is 0 Å². The molecule has 1 atom stereocenters. The van der Waals surface area contributed by atoms with Crippen LogP contribution in [0.4, 0.5) is 0 Å².